The largest absolute Gasteiger partial charge is 0.507 e. The van der Waals surface area contributed by atoms with Gasteiger partial charge in [0.05, 0.1) is 18.5 Å². The summed E-state index contributed by atoms with van der Waals surface area (Å²) in [5.74, 6) is 0.0495. The number of aromatic hydroxyl groups is 2. The number of benzene rings is 2. The number of carbonyl (C=O) groups is 1. The third kappa shape index (κ3) is 7.74. The third-order valence-corrected chi connectivity index (χ3v) is 7.70. The number of amides is 1. The first-order valence-electron chi connectivity index (χ1n) is 14.5. The SMILES string of the molecule is CC(C)(C)c1cc(C=N[C@@H]2CCCC[C@H]2N=Cc2cc(CC(N)=O)cc(C(C)(C)C)c2O)c(O)c(C(C)(C)C)c1. The summed E-state index contributed by atoms with van der Waals surface area (Å²) in [6, 6.07) is 7.74. The molecule has 1 fully saturated rings. The Morgan fingerprint density at radius 1 is 0.775 bits per heavy atom. The van der Waals surface area contributed by atoms with E-state index in [9.17, 15) is 15.0 Å². The summed E-state index contributed by atoms with van der Waals surface area (Å²) in [5.41, 5.74) is 9.81. The van der Waals surface area contributed by atoms with Gasteiger partial charge in [-0.2, -0.15) is 0 Å². The second-order valence-corrected chi connectivity index (χ2v) is 14.4. The van der Waals surface area contributed by atoms with E-state index in [1.54, 1.807) is 12.3 Å². The molecule has 2 aromatic rings. The molecule has 0 bridgehead atoms. The second-order valence-electron chi connectivity index (χ2n) is 14.4. The highest BCUT2D eigenvalue weighted by atomic mass is 16.3. The van der Waals surface area contributed by atoms with Crippen molar-refractivity contribution in [3.05, 3.63) is 57.6 Å². The average molecular weight is 548 g/mol. The molecule has 6 nitrogen and oxygen atoms in total. The monoisotopic (exact) mass is 547 g/mol. The molecule has 1 aliphatic rings. The summed E-state index contributed by atoms with van der Waals surface area (Å²) < 4.78 is 0. The average Bonchev–Trinajstić information content (AvgIpc) is 2.81. The van der Waals surface area contributed by atoms with Crippen molar-refractivity contribution in [2.24, 2.45) is 15.7 Å². The van der Waals surface area contributed by atoms with E-state index in [1.807, 2.05) is 39.1 Å². The zero-order valence-corrected chi connectivity index (χ0v) is 25.9. The van der Waals surface area contributed by atoms with E-state index < -0.39 is 5.91 Å². The summed E-state index contributed by atoms with van der Waals surface area (Å²) in [7, 11) is 0. The molecule has 6 heteroatoms. The van der Waals surface area contributed by atoms with Crippen molar-refractivity contribution in [1.82, 2.24) is 0 Å². The van der Waals surface area contributed by atoms with Crippen LogP contribution in [0.3, 0.4) is 0 Å². The third-order valence-electron chi connectivity index (χ3n) is 7.70. The highest BCUT2D eigenvalue weighted by Crippen LogP contribution is 2.38. The number of rotatable bonds is 6. The lowest BCUT2D eigenvalue weighted by Gasteiger charge is -2.28. The molecule has 4 N–H and O–H groups in total. The molecule has 3 rings (SSSR count). The molecule has 218 valence electrons. The van der Waals surface area contributed by atoms with Crippen LogP contribution in [0.1, 0.15) is 121 Å². The van der Waals surface area contributed by atoms with Crippen molar-refractivity contribution < 1.29 is 15.0 Å². The summed E-state index contributed by atoms with van der Waals surface area (Å²) >= 11 is 0. The Balaban J connectivity index is 1.98. The zero-order valence-electron chi connectivity index (χ0n) is 25.9. The van der Waals surface area contributed by atoms with Crippen LogP contribution in [0.2, 0.25) is 0 Å². The van der Waals surface area contributed by atoms with Crippen molar-refractivity contribution >= 4 is 18.3 Å². The molecule has 0 radical (unpaired) electrons. The number of phenolic OH excluding ortho intramolecular Hbond substituents is 2. The van der Waals surface area contributed by atoms with Crippen LogP contribution in [0.5, 0.6) is 11.5 Å². The second kappa shape index (κ2) is 11.8. The van der Waals surface area contributed by atoms with Gasteiger partial charge in [-0.05, 0) is 52.3 Å². The molecule has 1 saturated carbocycles. The van der Waals surface area contributed by atoms with Gasteiger partial charge in [0, 0.05) is 34.7 Å². The minimum Gasteiger partial charge on any atom is -0.507 e. The van der Waals surface area contributed by atoms with Gasteiger partial charge in [-0.3, -0.25) is 14.8 Å². The van der Waals surface area contributed by atoms with Crippen molar-refractivity contribution in [3.63, 3.8) is 0 Å². The molecule has 40 heavy (non-hydrogen) atoms. The Morgan fingerprint density at radius 3 is 1.65 bits per heavy atom. The lowest BCUT2D eigenvalue weighted by molar-refractivity contribution is -0.117. The first-order chi connectivity index (χ1) is 18.4. The highest BCUT2D eigenvalue weighted by molar-refractivity contribution is 5.87. The molecule has 0 heterocycles. The molecule has 2 atom stereocenters. The van der Waals surface area contributed by atoms with Crippen LogP contribution in [-0.4, -0.2) is 40.6 Å². The van der Waals surface area contributed by atoms with Crippen LogP contribution in [0.25, 0.3) is 0 Å². The van der Waals surface area contributed by atoms with E-state index >= 15 is 0 Å². The summed E-state index contributed by atoms with van der Waals surface area (Å²) in [5, 5.41) is 22.3. The molecule has 1 aliphatic carbocycles. The predicted octanol–water partition coefficient (Wildman–Crippen LogP) is 6.87. The molecular weight excluding hydrogens is 498 g/mol. The van der Waals surface area contributed by atoms with E-state index in [-0.39, 0.29) is 46.2 Å². The minimum atomic E-state index is -0.413. The Morgan fingerprint density at radius 2 is 1.23 bits per heavy atom. The Kier molecular flexibility index (Phi) is 9.22. The van der Waals surface area contributed by atoms with Crippen LogP contribution < -0.4 is 5.73 Å². The fourth-order valence-electron chi connectivity index (χ4n) is 5.24. The van der Waals surface area contributed by atoms with Crippen molar-refractivity contribution in [3.8, 4) is 11.5 Å². The van der Waals surface area contributed by atoms with E-state index in [0.717, 1.165) is 53.5 Å². The molecule has 0 aromatic heterocycles. The maximum Gasteiger partial charge on any atom is 0.221 e. The van der Waals surface area contributed by atoms with Gasteiger partial charge in [0.1, 0.15) is 11.5 Å². The number of aliphatic imine (C=N–C) groups is 2. The molecule has 1 amide bonds. The van der Waals surface area contributed by atoms with Gasteiger partial charge < -0.3 is 15.9 Å². The van der Waals surface area contributed by atoms with Crippen LogP contribution >= 0.6 is 0 Å². The Hall–Kier alpha value is -3.15. The van der Waals surface area contributed by atoms with Crippen LogP contribution in [0.15, 0.2) is 34.3 Å². The fourth-order valence-corrected chi connectivity index (χ4v) is 5.24. The van der Waals surface area contributed by atoms with Crippen LogP contribution in [-0.2, 0) is 27.5 Å². The van der Waals surface area contributed by atoms with Gasteiger partial charge in [-0.1, -0.05) is 87.3 Å². The van der Waals surface area contributed by atoms with Gasteiger partial charge in [0.25, 0.3) is 0 Å². The van der Waals surface area contributed by atoms with E-state index in [1.165, 1.54) is 0 Å². The van der Waals surface area contributed by atoms with E-state index in [2.05, 4.69) is 47.6 Å². The number of hydrogen-bond acceptors (Lipinski definition) is 5. The topological polar surface area (TPSA) is 108 Å². The minimum absolute atomic E-state index is 0.0289. The number of carbonyl (C=O) groups excluding carboxylic acids is 1. The standard InChI is InChI=1S/C34H49N3O3/c1-32(2,3)24-17-23(31(40)26(18-24)34(7,8)9)20-37-28-13-11-10-12-27(28)36-19-22-14-21(16-29(35)38)15-25(30(22)39)33(4,5)6/h14-15,17-20,27-28,39-40H,10-13,16H2,1-9H3,(H2,35,38)/t27-,28-/m1/s1. The van der Waals surface area contributed by atoms with E-state index in [0.29, 0.717) is 5.56 Å². The molecule has 0 unspecified atom stereocenters. The summed E-state index contributed by atoms with van der Waals surface area (Å²) in [4.78, 5) is 21.5. The van der Waals surface area contributed by atoms with Crippen molar-refractivity contribution in [2.75, 3.05) is 0 Å². The normalized spacial score (nSPS) is 19.0. The Bertz CT molecular complexity index is 1290. The highest BCUT2D eigenvalue weighted by Gasteiger charge is 2.27. The number of hydrogen-bond donors (Lipinski definition) is 3. The van der Waals surface area contributed by atoms with Gasteiger partial charge in [-0.15, -0.1) is 0 Å². The number of nitrogens with zero attached hydrogens (tertiary/aromatic N) is 2. The Labute approximate surface area is 240 Å². The van der Waals surface area contributed by atoms with Gasteiger partial charge in [-0.25, -0.2) is 0 Å². The smallest absolute Gasteiger partial charge is 0.221 e. The number of primary amides is 1. The first kappa shape index (κ1) is 31.4. The molecule has 0 aliphatic heterocycles. The maximum absolute atomic E-state index is 11.6. The molecule has 0 spiro atoms. The van der Waals surface area contributed by atoms with Crippen LogP contribution in [0, 0.1) is 0 Å². The number of phenols is 2. The van der Waals surface area contributed by atoms with Crippen LogP contribution in [0.4, 0.5) is 0 Å². The maximum atomic E-state index is 11.6. The molecular formula is C34H49N3O3. The number of nitrogens with two attached hydrogens (primary N) is 1. The molecule has 0 saturated heterocycles. The zero-order chi connectivity index (χ0) is 30.0. The quantitative estimate of drug-likeness (QED) is 0.343. The van der Waals surface area contributed by atoms with E-state index in [4.69, 9.17) is 15.7 Å². The van der Waals surface area contributed by atoms with Gasteiger partial charge >= 0.3 is 0 Å². The first-order valence-corrected chi connectivity index (χ1v) is 14.5. The molecule has 2 aromatic carbocycles. The predicted molar refractivity (Wildman–Crippen MR) is 166 cm³/mol. The van der Waals surface area contributed by atoms with Gasteiger partial charge in [0.2, 0.25) is 5.91 Å². The fraction of sp³-hybridized carbons (Fsp3) is 0.559. The summed E-state index contributed by atoms with van der Waals surface area (Å²) in [6.45, 7) is 18.9. The summed E-state index contributed by atoms with van der Waals surface area (Å²) in [6.07, 6.45) is 7.59. The van der Waals surface area contributed by atoms with Crippen molar-refractivity contribution in [2.45, 2.75) is 123 Å². The van der Waals surface area contributed by atoms with Gasteiger partial charge in [0.15, 0.2) is 0 Å². The lowest BCUT2D eigenvalue weighted by atomic mass is 9.79. The lowest BCUT2D eigenvalue weighted by Crippen LogP contribution is -2.27. The van der Waals surface area contributed by atoms with Crippen molar-refractivity contribution in [1.29, 1.82) is 0 Å².